The number of rotatable bonds is 7. The molecule has 1 aliphatic rings. The Morgan fingerprint density at radius 2 is 1.90 bits per heavy atom. The highest BCUT2D eigenvalue weighted by molar-refractivity contribution is 8.15. The van der Waals surface area contributed by atoms with Crippen molar-refractivity contribution in [2.45, 2.75) is 24.4 Å². The first kappa shape index (κ1) is 19.6. The minimum absolute atomic E-state index is 0.166. The van der Waals surface area contributed by atoms with Gasteiger partial charge in [-0.15, -0.1) is 0 Å². The van der Waals surface area contributed by atoms with Crippen molar-refractivity contribution < 1.29 is 18.7 Å². The molecule has 3 atom stereocenters. The minimum atomic E-state index is -0.811. The van der Waals surface area contributed by atoms with Gasteiger partial charge in [0.15, 0.2) is 11.8 Å². The fraction of sp³-hybridized carbons (Fsp3) is 0.286. The number of amides is 2. The van der Waals surface area contributed by atoms with Crippen molar-refractivity contribution in [3.63, 3.8) is 0 Å². The van der Waals surface area contributed by atoms with E-state index >= 15 is 0 Å². The molecule has 0 aliphatic carbocycles. The van der Waals surface area contributed by atoms with Crippen LogP contribution in [0.4, 0.5) is 4.79 Å². The number of benzene rings is 2. The van der Waals surface area contributed by atoms with Gasteiger partial charge in [0.25, 0.3) is 5.24 Å². The maximum atomic E-state index is 12.6. The largest absolute Gasteiger partial charge is 0.439 e. The Balaban J connectivity index is 1.58. The monoisotopic (exact) mass is 411 g/mol. The number of fused-ring (bicyclic) bond motifs is 1. The zero-order valence-corrected chi connectivity index (χ0v) is 16.9. The van der Waals surface area contributed by atoms with Crippen molar-refractivity contribution in [3.05, 3.63) is 66.1 Å². The minimum Gasteiger partial charge on any atom is -0.439 e. The van der Waals surface area contributed by atoms with E-state index in [-0.39, 0.29) is 23.8 Å². The van der Waals surface area contributed by atoms with Gasteiger partial charge in [-0.25, -0.2) is 9.88 Å². The summed E-state index contributed by atoms with van der Waals surface area (Å²) in [6, 6.07) is 16.4. The van der Waals surface area contributed by atoms with Gasteiger partial charge in [0.2, 0.25) is 11.8 Å². The summed E-state index contributed by atoms with van der Waals surface area (Å²) in [5.41, 5.74) is 2.19. The molecule has 2 amide bonds. The van der Waals surface area contributed by atoms with Crippen LogP contribution in [0.3, 0.4) is 0 Å². The summed E-state index contributed by atoms with van der Waals surface area (Å²) in [7, 11) is 1.78. The molecule has 3 unspecified atom stereocenters. The molecule has 0 saturated carbocycles. The summed E-state index contributed by atoms with van der Waals surface area (Å²) in [5, 5.41) is 2.41. The summed E-state index contributed by atoms with van der Waals surface area (Å²) in [6.07, 6.45) is -0.811. The van der Waals surface area contributed by atoms with Crippen LogP contribution in [-0.4, -0.2) is 39.9 Å². The van der Waals surface area contributed by atoms with Crippen molar-refractivity contribution in [2.24, 2.45) is 0 Å². The zero-order valence-electron chi connectivity index (χ0n) is 16.1. The Morgan fingerprint density at radius 1 is 1.17 bits per heavy atom. The molecule has 29 heavy (non-hydrogen) atoms. The number of carbonyl (C=O) groups excluding carboxylic acids is 2. The average molecular weight is 411 g/mol. The van der Waals surface area contributed by atoms with E-state index in [9.17, 15) is 9.59 Å². The fourth-order valence-electron chi connectivity index (χ4n) is 3.20. The van der Waals surface area contributed by atoms with Crippen LogP contribution in [0.15, 0.2) is 59.0 Å². The number of hydrogen-bond acceptors (Lipinski definition) is 7. The highest BCUT2D eigenvalue weighted by atomic mass is 32.2. The molecule has 1 saturated heterocycles. The molecule has 1 fully saturated rings. The van der Waals surface area contributed by atoms with E-state index in [1.807, 2.05) is 54.6 Å². The van der Waals surface area contributed by atoms with Gasteiger partial charge in [-0.3, -0.25) is 9.59 Å². The number of carbonyl (C=O) groups is 2. The SMILES string of the molecule is CNC(COC(c1ccccc1)N1C(=O)SC(C)C1=O)c1nc2ccccc2o1. The third kappa shape index (κ3) is 3.91. The molecule has 2 heterocycles. The predicted octanol–water partition coefficient (Wildman–Crippen LogP) is 3.89. The number of likely N-dealkylation sites (N-methyl/N-ethyl adjacent to an activating group) is 1. The van der Waals surface area contributed by atoms with Crippen molar-refractivity contribution in [1.29, 1.82) is 0 Å². The van der Waals surface area contributed by atoms with Crippen LogP contribution in [0.5, 0.6) is 0 Å². The Hall–Kier alpha value is -2.68. The van der Waals surface area contributed by atoms with Crippen molar-refractivity contribution >= 4 is 34.0 Å². The summed E-state index contributed by atoms with van der Waals surface area (Å²) in [5.74, 6) is 0.235. The molecule has 1 N–H and O–H groups in total. The number of para-hydroxylation sites is 2. The van der Waals surface area contributed by atoms with Crippen LogP contribution in [0.2, 0.25) is 0 Å². The van der Waals surface area contributed by atoms with Crippen molar-refractivity contribution in [1.82, 2.24) is 15.2 Å². The number of imide groups is 1. The Kier molecular flexibility index (Phi) is 5.66. The van der Waals surface area contributed by atoms with E-state index in [1.165, 1.54) is 4.90 Å². The number of ether oxygens (including phenoxy) is 1. The maximum absolute atomic E-state index is 12.6. The number of nitrogens with zero attached hydrogens (tertiary/aromatic N) is 2. The normalized spacial score (nSPS) is 19.1. The quantitative estimate of drug-likeness (QED) is 0.631. The highest BCUT2D eigenvalue weighted by Gasteiger charge is 2.42. The molecule has 0 radical (unpaired) electrons. The molecular formula is C21H21N3O4S. The maximum Gasteiger partial charge on any atom is 0.291 e. The van der Waals surface area contributed by atoms with Gasteiger partial charge in [-0.2, -0.15) is 0 Å². The first-order valence-corrected chi connectivity index (χ1v) is 10.2. The number of thioether (sulfide) groups is 1. The molecule has 7 nitrogen and oxygen atoms in total. The lowest BCUT2D eigenvalue weighted by Gasteiger charge is -2.27. The molecule has 150 valence electrons. The second kappa shape index (κ2) is 8.36. The second-order valence-corrected chi connectivity index (χ2v) is 7.98. The summed E-state index contributed by atoms with van der Waals surface area (Å²) in [4.78, 5) is 30.8. The molecule has 0 bridgehead atoms. The lowest BCUT2D eigenvalue weighted by molar-refractivity contribution is -0.138. The number of nitrogens with one attached hydrogen (secondary N) is 1. The Labute approximate surface area is 172 Å². The topological polar surface area (TPSA) is 84.7 Å². The summed E-state index contributed by atoms with van der Waals surface area (Å²) in [6.45, 7) is 1.89. The second-order valence-electron chi connectivity index (χ2n) is 6.69. The molecule has 0 spiro atoms. The lowest BCUT2D eigenvalue weighted by atomic mass is 10.1. The van der Waals surface area contributed by atoms with Crippen LogP contribution in [-0.2, 0) is 9.53 Å². The van der Waals surface area contributed by atoms with Gasteiger partial charge in [0.05, 0.1) is 11.9 Å². The number of hydrogen-bond donors (Lipinski definition) is 1. The zero-order chi connectivity index (χ0) is 20.4. The van der Waals surface area contributed by atoms with Gasteiger partial charge in [-0.1, -0.05) is 54.2 Å². The third-order valence-corrected chi connectivity index (χ3v) is 5.71. The van der Waals surface area contributed by atoms with E-state index in [4.69, 9.17) is 9.15 Å². The predicted molar refractivity (Wildman–Crippen MR) is 110 cm³/mol. The van der Waals surface area contributed by atoms with Crippen molar-refractivity contribution in [3.8, 4) is 0 Å². The summed E-state index contributed by atoms with van der Waals surface area (Å²) >= 11 is 1.01. The number of aromatic nitrogens is 1. The molecule has 2 aromatic carbocycles. The van der Waals surface area contributed by atoms with Crippen LogP contribution < -0.4 is 5.32 Å². The van der Waals surface area contributed by atoms with Gasteiger partial charge in [0, 0.05) is 5.56 Å². The molecule has 4 rings (SSSR count). The summed E-state index contributed by atoms with van der Waals surface area (Å²) < 4.78 is 12.0. The van der Waals surface area contributed by atoms with Crippen molar-refractivity contribution in [2.75, 3.05) is 13.7 Å². The van der Waals surface area contributed by atoms with Gasteiger partial charge in [-0.05, 0) is 26.1 Å². The van der Waals surface area contributed by atoms with Crippen LogP contribution in [0, 0.1) is 0 Å². The van der Waals surface area contributed by atoms with Crippen LogP contribution in [0.25, 0.3) is 11.1 Å². The van der Waals surface area contributed by atoms with E-state index in [0.717, 1.165) is 22.8 Å². The van der Waals surface area contributed by atoms with E-state index in [0.29, 0.717) is 11.5 Å². The first-order valence-electron chi connectivity index (χ1n) is 9.31. The Morgan fingerprint density at radius 3 is 2.55 bits per heavy atom. The van der Waals surface area contributed by atoms with Gasteiger partial charge >= 0.3 is 0 Å². The Bertz CT molecular complexity index is 990. The highest BCUT2D eigenvalue weighted by Crippen LogP contribution is 2.35. The lowest BCUT2D eigenvalue weighted by Crippen LogP contribution is -2.37. The molecule has 3 aromatic rings. The van der Waals surface area contributed by atoms with E-state index in [1.54, 1.807) is 14.0 Å². The third-order valence-electron chi connectivity index (χ3n) is 4.76. The van der Waals surface area contributed by atoms with Crippen LogP contribution >= 0.6 is 11.8 Å². The molecule has 1 aromatic heterocycles. The first-order chi connectivity index (χ1) is 14.1. The molecule has 1 aliphatic heterocycles. The van der Waals surface area contributed by atoms with Gasteiger partial charge < -0.3 is 14.5 Å². The molecular weight excluding hydrogens is 390 g/mol. The smallest absolute Gasteiger partial charge is 0.291 e. The van der Waals surface area contributed by atoms with Crippen LogP contribution in [0.1, 0.15) is 30.6 Å². The van der Waals surface area contributed by atoms with E-state index < -0.39 is 11.5 Å². The average Bonchev–Trinajstić information content (AvgIpc) is 3.27. The molecule has 8 heteroatoms. The van der Waals surface area contributed by atoms with E-state index in [2.05, 4.69) is 10.3 Å². The standard InChI is InChI=1S/C21H21N3O4S/c1-13-19(25)24(21(26)29-13)20(14-8-4-3-5-9-14)27-12-16(22-2)18-23-15-10-6-7-11-17(15)28-18/h3-11,13,16,20,22H,12H2,1-2H3. The fourth-order valence-corrected chi connectivity index (χ4v) is 4.01. The number of oxazole rings is 1. The van der Waals surface area contributed by atoms with Gasteiger partial charge in [0.1, 0.15) is 11.6 Å².